The molecular weight excluding hydrogens is 224 g/mol. The van der Waals surface area contributed by atoms with Crippen molar-refractivity contribution in [2.45, 2.75) is 32.2 Å². The van der Waals surface area contributed by atoms with Gasteiger partial charge < -0.3 is 15.4 Å². The number of benzene rings is 1. The third-order valence-electron chi connectivity index (χ3n) is 3.56. The van der Waals surface area contributed by atoms with Gasteiger partial charge in [-0.1, -0.05) is 32.9 Å². The number of morpholine rings is 1. The third-order valence-corrected chi connectivity index (χ3v) is 3.56. The molecule has 3 nitrogen and oxygen atoms in total. The SMILES string of the molecule is CC(C)(C)c1ccc(N2CCOCC2CN)cc1. The van der Waals surface area contributed by atoms with Crippen LogP contribution in [0.1, 0.15) is 26.3 Å². The number of nitrogens with two attached hydrogens (primary N) is 1. The Bertz CT molecular complexity index is 380. The van der Waals surface area contributed by atoms with E-state index in [1.165, 1.54) is 11.3 Å². The minimum Gasteiger partial charge on any atom is -0.377 e. The van der Waals surface area contributed by atoms with E-state index in [1.807, 2.05) is 0 Å². The molecule has 1 aromatic carbocycles. The molecule has 1 saturated heterocycles. The van der Waals surface area contributed by atoms with Crippen molar-refractivity contribution in [3.8, 4) is 0 Å². The Morgan fingerprint density at radius 1 is 1.28 bits per heavy atom. The lowest BCUT2D eigenvalue weighted by Gasteiger charge is -2.37. The Morgan fingerprint density at radius 2 is 1.94 bits per heavy atom. The van der Waals surface area contributed by atoms with Gasteiger partial charge in [0.05, 0.1) is 19.3 Å². The summed E-state index contributed by atoms with van der Waals surface area (Å²) >= 11 is 0. The maximum absolute atomic E-state index is 5.81. The van der Waals surface area contributed by atoms with E-state index in [1.54, 1.807) is 0 Å². The van der Waals surface area contributed by atoms with Crippen LogP contribution >= 0.6 is 0 Å². The number of ether oxygens (including phenoxy) is 1. The number of hydrogen-bond acceptors (Lipinski definition) is 3. The number of hydrogen-bond donors (Lipinski definition) is 1. The Labute approximate surface area is 110 Å². The van der Waals surface area contributed by atoms with Gasteiger partial charge in [-0.2, -0.15) is 0 Å². The first kappa shape index (κ1) is 13.4. The number of nitrogens with zero attached hydrogens (tertiary/aromatic N) is 1. The second kappa shape index (κ2) is 5.29. The van der Waals surface area contributed by atoms with Gasteiger partial charge in [0.2, 0.25) is 0 Å². The summed E-state index contributed by atoms with van der Waals surface area (Å²) in [5.41, 5.74) is 8.63. The van der Waals surface area contributed by atoms with Crippen molar-refractivity contribution in [1.82, 2.24) is 0 Å². The molecular formula is C15H24N2O. The van der Waals surface area contributed by atoms with E-state index >= 15 is 0 Å². The largest absolute Gasteiger partial charge is 0.377 e. The maximum atomic E-state index is 5.81. The fourth-order valence-corrected chi connectivity index (χ4v) is 2.34. The monoisotopic (exact) mass is 248 g/mol. The zero-order chi connectivity index (χ0) is 13.2. The number of rotatable bonds is 2. The van der Waals surface area contributed by atoms with Crippen LogP contribution in [0.15, 0.2) is 24.3 Å². The summed E-state index contributed by atoms with van der Waals surface area (Å²) in [6, 6.07) is 9.15. The molecule has 1 atom stereocenters. The van der Waals surface area contributed by atoms with Crippen LogP contribution in [-0.2, 0) is 10.2 Å². The Hall–Kier alpha value is -1.06. The summed E-state index contributed by atoms with van der Waals surface area (Å²) in [4.78, 5) is 2.36. The zero-order valence-corrected chi connectivity index (χ0v) is 11.6. The highest BCUT2D eigenvalue weighted by molar-refractivity contribution is 5.50. The second-order valence-corrected chi connectivity index (χ2v) is 5.95. The van der Waals surface area contributed by atoms with Gasteiger partial charge in [0.25, 0.3) is 0 Å². The van der Waals surface area contributed by atoms with Gasteiger partial charge in [-0.3, -0.25) is 0 Å². The summed E-state index contributed by atoms with van der Waals surface area (Å²) in [7, 11) is 0. The molecule has 1 aliphatic rings. The molecule has 0 bridgehead atoms. The third kappa shape index (κ3) is 2.85. The van der Waals surface area contributed by atoms with E-state index in [4.69, 9.17) is 10.5 Å². The van der Waals surface area contributed by atoms with Crippen LogP contribution in [0.5, 0.6) is 0 Å². The maximum Gasteiger partial charge on any atom is 0.0683 e. The summed E-state index contributed by atoms with van der Waals surface area (Å²) in [6.07, 6.45) is 0. The smallest absolute Gasteiger partial charge is 0.0683 e. The van der Waals surface area contributed by atoms with Crippen molar-refractivity contribution in [1.29, 1.82) is 0 Å². The average molecular weight is 248 g/mol. The standard InChI is InChI=1S/C15H24N2O/c1-15(2,3)12-4-6-13(7-5-12)17-8-9-18-11-14(17)10-16/h4-7,14H,8-11,16H2,1-3H3. The lowest BCUT2D eigenvalue weighted by atomic mass is 9.87. The topological polar surface area (TPSA) is 38.5 Å². The quantitative estimate of drug-likeness (QED) is 0.871. The Morgan fingerprint density at radius 3 is 2.50 bits per heavy atom. The minimum absolute atomic E-state index is 0.205. The minimum atomic E-state index is 0.205. The molecule has 1 aliphatic heterocycles. The predicted molar refractivity (Wildman–Crippen MR) is 76.1 cm³/mol. The highest BCUT2D eigenvalue weighted by Gasteiger charge is 2.22. The Kier molecular flexibility index (Phi) is 3.93. The molecule has 1 fully saturated rings. The molecule has 2 rings (SSSR count). The molecule has 100 valence electrons. The molecule has 1 heterocycles. The van der Waals surface area contributed by atoms with Crippen molar-refractivity contribution in [3.05, 3.63) is 29.8 Å². The highest BCUT2D eigenvalue weighted by Crippen LogP contribution is 2.26. The fourth-order valence-electron chi connectivity index (χ4n) is 2.34. The molecule has 1 unspecified atom stereocenters. The lowest BCUT2D eigenvalue weighted by Crippen LogP contribution is -2.49. The fraction of sp³-hybridized carbons (Fsp3) is 0.600. The summed E-state index contributed by atoms with van der Waals surface area (Å²) in [5, 5.41) is 0. The molecule has 3 heteroatoms. The number of anilines is 1. The average Bonchev–Trinajstić information content (AvgIpc) is 2.38. The van der Waals surface area contributed by atoms with Crippen molar-refractivity contribution >= 4 is 5.69 Å². The molecule has 0 aromatic heterocycles. The van der Waals surface area contributed by atoms with E-state index in [-0.39, 0.29) is 5.41 Å². The van der Waals surface area contributed by atoms with Crippen LogP contribution in [0.4, 0.5) is 5.69 Å². The molecule has 0 aliphatic carbocycles. The van der Waals surface area contributed by atoms with E-state index in [2.05, 4.69) is 49.9 Å². The molecule has 0 amide bonds. The molecule has 1 aromatic rings. The summed E-state index contributed by atoms with van der Waals surface area (Å²) in [5.74, 6) is 0. The van der Waals surface area contributed by atoms with Crippen LogP contribution in [0.2, 0.25) is 0 Å². The van der Waals surface area contributed by atoms with Crippen molar-refractivity contribution in [2.75, 3.05) is 31.2 Å². The van der Waals surface area contributed by atoms with Gasteiger partial charge in [0.15, 0.2) is 0 Å². The first-order chi connectivity index (χ1) is 8.52. The first-order valence-corrected chi connectivity index (χ1v) is 6.67. The zero-order valence-electron chi connectivity index (χ0n) is 11.6. The molecule has 0 saturated carbocycles. The van der Waals surface area contributed by atoms with Crippen molar-refractivity contribution in [2.24, 2.45) is 5.73 Å². The molecule has 2 N–H and O–H groups in total. The molecule has 0 spiro atoms. The lowest BCUT2D eigenvalue weighted by molar-refractivity contribution is 0.0963. The van der Waals surface area contributed by atoms with Crippen LogP contribution in [0, 0.1) is 0 Å². The summed E-state index contributed by atoms with van der Waals surface area (Å²) < 4.78 is 5.48. The predicted octanol–water partition coefficient (Wildman–Crippen LogP) is 2.15. The van der Waals surface area contributed by atoms with Gasteiger partial charge in [-0.25, -0.2) is 0 Å². The van der Waals surface area contributed by atoms with Crippen LogP contribution in [-0.4, -0.2) is 32.3 Å². The second-order valence-electron chi connectivity index (χ2n) is 5.95. The van der Waals surface area contributed by atoms with Gasteiger partial charge in [-0.15, -0.1) is 0 Å². The first-order valence-electron chi connectivity index (χ1n) is 6.67. The van der Waals surface area contributed by atoms with Crippen LogP contribution in [0.25, 0.3) is 0 Å². The van der Waals surface area contributed by atoms with E-state index < -0.39 is 0 Å². The van der Waals surface area contributed by atoms with Crippen molar-refractivity contribution in [3.63, 3.8) is 0 Å². The van der Waals surface area contributed by atoms with E-state index in [0.717, 1.165) is 19.8 Å². The van der Waals surface area contributed by atoms with Gasteiger partial charge in [-0.05, 0) is 23.1 Å². The van der Waals surface area contributed by atoms with E-state index in [0.29, 0.717) is 12.6 Å². The van der Waals surface area contributed by atoms with Gasteiger partial charge in [0, 0.05) is 18.8 Å². The Balaban J connectivity index is 2.18. The molecule has 0 radical (unpaired) electrons. The van der Waals surface area contributed by atoms with Crippen LogP contribution in [0.3, 0.4) is 0 Å². The van der Waals surface area contributed by atoms with Crippen LogP contribution < -0.4 is 10.6 Å². The van der Waals surface area contributed by atoms with Crippen molar-refractivity contribution < 1.29 is 4.74 Å². The van der Waals surface area contributed by atoms with Gasteiger partial charge in [0.1, 0.15) is 0 Å². The highest BCUT2D eigenvalue weighted by atomic mass is 16.5. The summed E-state index contributed by atoms with van der Waals surface area (Å²) in [6.45, 7) is 9.80. The van der Waals surface area contributed by atoms with Gasteiger partial charge >= 0.3 is 0 Å². The normalized spacial score (nSPS) is 21.1. The van der Waals surface area contributed by atoms with E-state index in [9.17, 15) is 0 Å². The molecule has 18 heavy (non-hydrogen) atoms.